The Balaban J connectivity index is 1.53. The highest BCUT2D eigenvalue weighted by Gasteiger charge is 2.32. The summed E-state index contributed by atoms with van der Waals surface area (Å²) in [5.74, 6) is 0.239. The van der Waals surface area contributed by atoms with Crippen LogP contribution in [-0.4, -0.2) is 36.7 Å². The number of fused-ring (bicyclic) bond motifs is 1. The number of hydrogen-bond acceptors (Lipinski definition) is 4. The van der Waals surface area contributed by atoms with E-state index in [1.54, 1.807) is 35.2 Å². The van der Waals surface area contributed by atoms with Crippen LogP contribution in [-0.2, 0) is 11.3 Å². The molecule has 3 aromatic rings. The number of amides is 5. The molecule has 0 saturated heterocycles. The van der Waals surface area contributed by atoms with E-state index in [0.717, 1.165) is 5.56 Å². The highest BCUT2D eigenvalue weighted by Crippen LogP contribution is 2.32. The molecule has 0 spiro atoms. The van der Waals surface area contributed by atoms with Crippen molar-refractivity contribution in [3.8, 4) is 5.75 Å². The van der Waals surface area contributed by atoms with Gasteiger partial charge >= 0.3 is 12.1 Å². The Hall–Kier alpha value is -4.53. The molecular formula is C27H29N5O4. The van der Waals surface area contributed by atoms with Crippen LogP contribution in [0, 0.1) is 0 Å². The van der Waals surface area contributed by atoms with Crippen LogP contribution in [0.25, 0.3) is 0 Å². The van der Waals surface area contributed by atoms with E-state index in [2.05, 4.69) is 21.3 Å². The van der Waals surface area contributed by atoms with E-state index >= 15 is 0 Å². The molecule has 3 aromatic carbocycles. The quantitative estimate of drug-likeness (QED) is 0.415. The molecule has 36 heavy (non-hydrogen) atoms. The zero-order chi connectivity index (χ0) is 25.5. The summed E-state index contributed by atoms with van der Waals surface area (Å²) in [6.45, 7) is 3.97. The van der Waals surface area contributed by atoms with Crippen molar-refractivity contribution in [3.63, 3.8) is 0 Å². The highest BCUT2D eigenvalue weighted by molar-refractivity contribution is 6.02. The molecule has 1 atom stereocenters. The highest BCUT2D eigenvalue weighted by atomic mass is 16.5. The van der Waals surface area contributed by atoms with Gasteiger partial charge in [-0.2, -0.15) is 0 Å². The second kappa shape index (κ2) is 11.3. The normalized spacial score (nSPS) is 14.8. The number of hydrogen-bond donors (Lipinski definition) is 4. The van der Waals surface area contributed by atoms with Crippen molar-refractivity contribution in [3.05, 3.63) is 84.4 Å². The Labute approximate surface area is 209 Å². The number of urea groups is 2. The van der Waals surface area contributed by atoms with Gasteiger partial charge in [0.15, 0.2) is 0 Å². The lowest BCUT2D eigenvalue weighted by atomic mass is 10.1. The zero-order valence-corrected chi connectivity index (χ0v) is 20.2. The van der Waals surface area contributed by atoms with Crippen LogP contribution < -0.4 is 30.9 Å². The molecule has 9 heteroatoms. The fraction of sp³-hybridized carbons (Fsp3) is 0.222. The first-order valence-electron chi connectivity index (χ1n) is 11.7. The van der Waals surface area contributed by atoms with E-state index in [-0.39, 0.29) is 31.1 Å². The molecule has 0 radical (unpaired) electrons. The summed E-state index contributed by atoms with van der Waals surface area (Å²) in [5, 5.41) is 11.1. The summed E-state index contributed by atoms with van der Waals surface area (Å²) in [6, 6.07) is 21.8. The molecule has 0 aliphatic carbocycles. The van der Waals surface area contributed by atoms with E-state index in [9.17, 15) is 14.4 Å². The number of nitrogens with zero attached hydrogens (tertiary/aromatic N) is 1. The van der Waals surface area contributed by atoms with Gasteiger partial charge in [-0.3, -0.25) is 4.79 Å². The molecule has 9 nitrogen and oxygen atoms in total. The fourth-order valence-electron chi connectivity index (χ4n) is 3.83. The summed E-state index contributed by atoms with van der Waals surface area (Å²) in [7, 11) is 0. The van der Waals surface area contributed by atoms with Gasteiger partial charge < -0.3 is 30.9 Å². The number of nitrogens with one attached hydrogen (secondary N) is 4. The van der Waals surface area contributed by atoms with Crippen LogP contribution in [0.15, 0.2) is 78.9 Å². The SMILES string of the molecule is CC(C)NC(=O)Nc1cccc(CN2C(=O)C(NC(=O)Nc3ccccc3)COc3ccccc32)c1. The lowest BCUT2D eigenvalue weighted by Gasteiger charge is -2.25. The smallest absolute Gasteiger partial charge is 0.320 e. The molecule has 0 saturated carbocycles. The maximum Gasteiger partial charge on any atom is 0.320 e. The predicted molar refractivity (Wildman–Crippen MR) is 139 cm³/mol. The van der Waals surface area contributed by atoms with Crippen LogP contribution in [0.2, 0.25) is 0 Å². The second-order valence-electron chi connectivity index (χ2n) is 8.67. The number of rotatable bonds is 6. The Morgan fingerprint density at radius 1 is 0.917 bits per heavy atom. The van der Waals surface area contributed by atoms with Crippen molar-refractivity contribution >= 4 is 35.0 Å². The van der Waals surface area contributed by atoms with E-state index in [1.165, 1.54) is 0 Å². The van der Waals surface area contributed by atoms with Gasteiger partial charge in [0.25, 0.3) is 5.91 Å². The largest absolute Gasteiger partial charge is 0.489 e. The van der Waals surface area contributed by atoms with E-state index in [0.29, 0.717) is 22.8 Å². The van der Waals surface area contributed by atoms with Crippen LogP contribution in [0.1, 0.15) is 19.4 Å². The standard InChI is InChI=1S/C27H29N5O4/c1-18(2)28-26(34)30-21-12-8-9-19(15-21)16-32-23-13-6-7-14-24(23)36-17-22(25(32)33)31-27(35)29-20-10-4-3-5-11-20/h3-15,18,22H,16-17H2,1-2H3,(H2,28,30,34)(H2,29,31,35). The van der Waals surface area contributed by atoms with Gasteiger partial charge in [-0.1, -0.05) is 42.5 Å². The lowest BCUT2D eigenvalue weighted by molar-refractivity contribution is -0.120. The second-order valence-corrected chi connectivity index (χ2v) is 8.67. The first-order chi connectivity index (χ1) is 17.4. The molecule has 0 fully saturated rings. The summed E-state index contributed by atoms with van der Waals surface area (Å²) >= 11 is 0. The molecular weight excluding hydrogens is 458 g/mol. The molecule has 4 N–H and O–H groups in total. The molecule has 0 aromatic heterocycles. The molecule has 1 unspecified atom stereocenters. The van der Waals surface area contributed by atoms with Crippen LogP contribution in [0.4, 0.5) is 26.7 Å². The number of carbonyl (C=O) groups is 3. The van der Waals surface area contributed by atoms with Crippen molar-refractivity contribution < 1.29 is 19.1 Å². The van der Waals surface area contributed by atoms with Crippen molar-refractivity contribution in [1.82, 2.24) is 10.6 Å². The Morgan fingerprint density at radius 3 is 2.39 bits per heavy atom. The Bertz CT molecular complexity index is 1230. The third-order valence-electron chi connectivity index (χ3n) is 5.41. The monoisotopic (exact) mass is 487 g/mol. The molecule has 1 aliphatic heterocycles. The minimum atomic E-state index is -0.903. The maximum absolute atomic E-state index is 13.6. The number of para-hydroxylation sites is 3. The molecule has 5 amide bonds. The number of benzene rings is 3. The van der Waals surface area contributed by atoms with E-state index < -0.39 is 12.1 Å². The van der Waals surface area contributed by atoms with Gasteiger partial charge in [0.05, 0.1) is 12.2 Å². The summed E-state index contributed by atoms with van der Waals surface area (Å²) in [6.07, 6.45) is 0. The minimum absolute atomic E-state index is 0.00271. The maximum atomic E-state index is 13.6. The van der Waals surface area contributed by atoms with Crippen LogP contribution >= 0.6 is 0 Å². The van der Waals surface area contributed by atoms with Gasteiger partial charge in [0.2, 0.25) is 0 Å². The molecule has 186 valence electrons. The van der Waals surface area contributed by atoms with Crippen LogP contribution in [0.3, 0.4) is 0 Å². The summed E-state index contributed by atoms with van der Waals surface area (Å²) in [4.78, 5) is 39.9. The molecule has 1 heterocycles. The van der Waals surface area contributed by atoms with Gasteiger partial charge in [-0.25, -0.2) is 9.59 Å². The average Bonchev–Trinajstić information content (AvgIpc) is 2.97. The average molecular weight is 488 g/mol. The van der Waals surface area contributed by atoms with Gasteiger partial charge in [-0.05, 0) is 55.8 Å². The number of ether oxygens (including phenoxy) is 1. The first kappa shape index (κ1) is 24.6. The number of anilines is 3. The zero-order valence-electron chi connectivity index (χ0n) is 20.2. The van der Waals surface area contributed by atoms with Crippen molar-refractivity contribution in [2.45, 2.75) is 32.5 Å². The molecule has 1 aliphatic rings. The third-order valence-corrected chi connectivity index (χ3v) is 5.41. The summed E-state index contributed by atoms with van der Waals surface area (Å²) < 4.78 is 5.89. The third kappa shape index (κ3) is 6.32. The molecule has 0 bridgehead atoms. The lowest BCUT2D eigenvalue weighted by Crippen LogP contribution is -2.51. The summed E-state index contributed by atoms with van der Waals surface area (Å²) in [5.41, 5.74) is 2.62. The molecule has 4 rings (SSSR count). The van der Waals surface area contributed by atoms with Gasteiger partial charge in [0, 0.05) is 17.4 Å². The first-order valence-corrected chi connectivity index (χ1v) is 11.7. The number of carbonyl (C=O) groups excluding carboxylic acids is 3. The van der Waals surface area contributed by atoms with E-state index in [4.69, 9.17) is 4.74 Å². The Kier molecular flexibility index (Phi) is 7.69. The minimum Gasteiger partial charge on any atom is -0.489 e. The van der Waals surface area contributed by atoms with Gasteiger partial charge in [-0.15, -0.1) is 0 Å². The van der Waals surface area contributed by atoms with Crippen molar-refractivity contribution in [2.24, 2.45) is 0 Å². The van der Waals surface area contributed by atoms with E-state index in [1.807, 2.05) is 62.4 Å². The predicted octanol–water partition coefficient (Wildman–Crippen LogP) is 4.33. The fourth-order valence-corrected chi connectivity index (χ4v) is 3.83. The van der Waals surface area contributed by atoms with Gasteiger partial charge in [0.1, 0.15) is 18.4 Å². The topological polar surface area (TPSA) is 112 Å². The van der Waals surface area contributed by atoms with Crippen molar-refractivity contribution in [2.75, 3.05) is 22.1 Å². The van der Waals surface area contributed by atoms with Crippen molar-refractivity contribution in [1.29, 1.82) is 0 Å². The Morgan fingerprint density at radius 2 is 1.61 bits per heavy atom. The van der Waals surface area contributed by atoms with Crippen LogP contribution in [0.5, 0.6) is 5.75 Å².